The Balaban J connectivity index is 1.80. The lowest BCUT2D eigenvalue weighted by Gasteiger charge is -2.13. The lowest BCUT2D eigenvalue weighted by Crippen LogP contribution is -2.36. The van der Waals surface area contributed by atoms with Crippen LogP contribution in [0.4, 0.5) is 5.69 Å². The summed E-state index contributed by atoms with van der Waals surface area (Å²) < 4.78 is 0.921. The number of hydrogen-bond acceptors (Lipinski definition) is 3. The first kappa shape index (κ1) is 19.8. The Hall–Kier alpha value is -2.99. The first-order chi connectivity index (χ1) is 13.6. The molecular formula is C22H21BrN4O. The minimum atomic E-state index is -0.222. The van der Waals surface area contributed by atoms with E-state index >= 15 is 0 Å². The summed E-state index contributed by atoms with van der Waals surface area (Å²) in [4.78, 5) is 21.2. The maximum absolute atomic E-state index is 12.6. The second kappa shape index (κ2) is 9.80. The monoisotopic (exact) mass is 436 g/mol. The summed E-state index contributed by atoms with van der Waals surface area (Å²) in [5.41, 5.74) is 3.65. The van der Waals surface area contributed by atoms with Crippen LogP contribution in [0, 0.1) is 0 Å². The summed E-state index contributed by atoms with van der Waals surface area (Å²) in [5, 5.41) is 6.11. The van der Waals surface area contributed by atoms with Crippen LogP contribution in [-0.2, 0) is 13.0 Å². The summed E-state index contributed by atoms with van der Waals surface area (Å²) >= 11 is 3.38. The molecule has 1 aromatic heterocycles. The zero-order chi connectivity index (χ0) is 19.8. The number of anilines is 1. The van der Waals surface area contributed by atoms with Crippen LogP contribution < -0.4 is 10.6 Å². The molecule has 0 radical (unpaired) electrons. The quantitative estimate of drug-likeness (QED) is 0.445. The van der Waals surface area contributed by atoms with Crippen molar-refractivity contribution in [3.8, 4) is 0 Å². The van der Waals surface area contributed by atoms with Crippen molar-refractivity contribution in [1.29, 1.82) is 0 Å². The molecule has 1 heterocycles. The van der Waals surface area contributed by atoms with E-state index in [1.165, 1.54) is 5.56 Å². The molecule has 3 rings (SSSR count). The molecule has 5 nitrogen and oxygen atoms in total. The highest BCUT2D eigenvalue weighted by molar-refractivity contribution is 9.10. The van der Waals surface area contributed by atoms with Crippen molar-refractivity contribution in [2.24, 2.45) is 4.99 Å². The van der Waals surface area contributed by atoms with E-state index in [0.717, 1.165) is 22.1 Å². The van der Waals surface area contributed by atoms with Gasteiger partial charge in [0.25, 0.3) is 5.91 Å². The van der Waals surface area contributed by atoms with Gasteiger partial charge < -0.3 is 5.32 Å². The van der Waals surface area contributed by atoms with Crippen LogP contribution in [0.3, 0.4) is 0 Å². The van der Waals surface area contributed by atoms with Gasteiger partial charge in [0.1, 0.15) is 0 Å². The number of benzene rings is 2. The number of carbonyl (C=O) groups excluding carboxylic acids is 1. The summed E-state index contributed by atoms with van der Waals surface area (Å²) in [6.45, 7) is 2.53. The molecule has 0 atom stereocenters. The molecule has 3 aromatic rings. The van der Waals surface area contributed by atoms with Gasteiger partial charge >= 0.3 is 0 Å². The maximum atomic E-state index is 12.6. The van der Waals surface area contributed by atoms with E-state index in [4.69, 9.17) is 0 Å². The zero-order valence-electron chi connectivity index (χ0n) is 15.5. The SMILES string of the molecule is CCc1cccc(NC(=NCc2ccncc2)NC(=O)c2ccc(Br)cc2)c1. The van der Waals surface area contributed by atoms with E-state index in [-0.39, 0.29) is 5.91 Å². The molecule has 0 saturated carbocycles. The Bertz CT molecular complexity index is 956. The molecule has 0 fully saturated rings. The number of halogens is 1. The number of aromatic nitrogens is 1. The Labute approximate surface area is 173 Å². The van der Waals surface area contributed by atoms with Crippen molar-refractivity contribution in [1.82, 2.24) is 10.3 Å². The van der Waals surface area contributed by atoms with E-state index in [2.05, 4.69) is 49.5 Å². The van der Waals surface area contributed by atoms with Gasteiger partial charge in [-0.1, -0.05) is 35.0 Å². The summed E-state index contributed by atoms with van der Waals surface area (Å²) in [7, 11) is 0. The fraction of sp³-hybridized carbons (Fsp3) is 0.136. The van der Waals surface area contributed by atoms with Crippen LogP contribution in [0.1, 0.15) is 28.4 Å². The Morgan fingerprint density at radius 3 is 2.50 bits per heavy atom. The van der Waals surface area contributed by atoms with E-state index in [0.29, 0.717) is 18.1 Å². The number of nitrogens with zero attached hydrogens (tertiary/aromatic N) is 2. The summed E-state index contributed by atoms with van der Waals surface area (Å²) in [6.07, 6.45) is 4.39. The Morgan fingerprint density at radius 2 is 1.79 bits per heavy atom. The highest BCUT2D eigenvalue weighted by Gasteiger charge is 2.10. The number of guanidine groups is 1. The van der Waals surface area contributed by atoms with Crippen LogP contribution in [0.5, 0.6) is 0 Å². The van der Waals surface area contributed by atoms with Crippen LogP contribution in [0.25, 0.3) is 0 Å². The van der Waals surface area contributed by atoms with Crippen LogP contribution in [0.2, 0.25) is 0 Å². The largest absolute Gasteiger partial charge is 0.326 e. The average Bonchev–Trinajstić information content (AvgIpc) is 2.73. The molecule has 0 spiro atoms. The number of hydrogen-bond donors (Lipinski definition) is 2. The molecule has 142 valence electrons. The molecule has 1 amide bonds. The van der Waals surface area contributed by atoms with Gasteiger partial charge in [-0.05, 0) is 66.1 Å². The molecule has 28 heavy (non-hydrogen) atoms. The Morgan fingerprint density at radius 1 is 1.04 bits per heavy atom. The molecule has 2 N–H and O–H groups in total. The number of rotatable bonds is 5. The first-order valence-electron chi connectivity index (χ1n) is 9.00. The molecular weight excluding hydrogens is 416 g/mol. The van der Waals surface area contributed by atoms with Gasteiger partial charge in [0.2, 0.25) is 5.96 Å². The fourth-order valence-corrected chi connectivity index (χ4v) is 2.82. The molecule has 0 aliphatic carbocycles. The van der Waals surface area contributed by atoms with Gasteiger partial charge in [-0.25, -0.2) is 4.99 Å². The van der Waals surface area contributed by atoms with E-state index in [1.807, 2.05) is 42.5 Å². The fourth-order valence-electron chi connectivity index (χ4n) is 2.56. The predicted molar refractivity (Wildman–Crippen MR) is 116 cm³/mol. The third-order valence-corrected chi connectivity index (χ3v) is 4.63. The van der Waals surface area contributed by atoms with Gasteiger partial charge in [-0.3, -0.25) is 15.1 Å². The van der Waals surface area contributed by atoms with Gasteiger partial charge in [-0.15, -0.1) is 0 Å². The highest BCUT2D eigenvalue weighted by atomic mass is 79.9. The minimum absolute atomic E-state index is 0.222. The third-order valence-electron chi connectivity index (χ3n) is 4.11. The molecule has 0 bridgehead atoms. The van der Waals surface area contributed by atoms with Crippen molar-refractivity contribution in [2.45, 2.75) is 19.9 Å². The smallest absolute Gasteiger partial charge is 0.257 e. The number of nitrogens with one attached hydrogen (secondary N) is 2. The second-order valence-corrected chi connectivity index (χ2v) is 7.08. The number of carbonyl (C=O) groups is 1. The summed E-state index contributed by atoms with van der Waals surface area (Å²) in [6, 6.07) is 19.0. The lowest BCUT2D eigenvalue weighted by atomic mass is 10.1. The zero-order valence-corrected chi connectivity index (χ0v) is 17.1. The van der Waals surface area contributed by atoms with Crippen molar-refractivity contribution in [3.63, 3.8) is 0 Å². The van der Waals surface area contributed by atoms with E-state index in [1.54, 1.807) is 24.5 Å². The number of aliphatic imine (C=N–C) groups is 1. The van der Waals surface area contributed by atoms with Gasteiger partial charge in [0.15, 0.2) is 0 Å². The lowest BCUT2D eigenvalue weighted by molar-refractivity contribution is 0.0977. The van der Waals surface area contributed by atoms with Crippen molar-refractivity contribution >= 4 is 33.5 Å². The molecule has 6 heteroatoms. The van der Waals surface area contributed by atoms with Crippen molar-refractivity contribution in [2.75, 3.05) is 5.32 Å². The molecule has 2 aromatic carbocycles. The average molecular weight is 437 g/mol. The van der Waals surface area contributed by atoms with E-state index in [9.17, 15) is 4.79 Å². The van der Waals surface area contributed by atoms with Crippen LogP contribution in [0.15, 0.2) is 82.5 Å². The first-order valence-corrected chi connectivity index (χ1v) is 9.79. The molecule has 0 unspecified atom stereocenters. The second-order valence-electron chi connectivity index (χ2n) is 6.16. The van der Waals surface area contributed by atoms with Gasteiger partial charge in [0.05, 0.1) is 6.54 Å². The van der Waals surface area contributed by atoms with Crippen molar-refractivity contribution in [3.05, 3.63) is 94.2 Å². The van der Waals surface area contributed by atoms with Gasteiger partial charge in [-0.2, -0.15) is 0 Å². The maximum Gasteiger partial charge on any atom is 0.257 e. The van der Waals surface area contributed by atoms with Crippen LogP contribution >= 0.6 is 15.9 Å². The number of amides is 1. The molecule has 0 aliphatic heterocycles. The Kier molecular flexibility index (Phi) is 6.92. The normalized spacial score (nSPS) is 11.1. The molecule has 0 aliphatic rings. The minimum Gasteiger partial charge on any atom is -0.326 e. The number of pyridine rings is 1. The van der Waals surface area contributed by atoms with E-state index < -0.39 is 0 Å². The van der Waals surface area contributed by atoms with Crippen LogP contribution in [-0.4, -0.2) is 16.9 Å². The molecule has 0 saturated heterocycles. The standard InChI is InChI=1S/C22H21BrN4O/c1-2-16-4-3-5-20(14-16)26-22(25-15-17-10-12-24-13-11-17)27-21(28)18-6-8-19(23)9-7-18/h3-14H,2,15H2,1H3,(H2,25,26,27,28). The topological polar surface area (TPSA) is 66.4 Å². The third kappa shape index (κ3) is 5.76. The summed E-state index contributed by atoms with van der Waals surface area (Å²) in [5.74, 6) is 0.179. The predicted octanol–water partition coefficient (Wildman–Crippen LogP) is 4.80. The van der Waals surface area contributed by atoms with Crippen molar-refractivity contribution < 1.29 is 4.79 Å². The van der Waals surface area contributed by atoms with Gasteiger partial charge in [0, 0.05) is 28.1 Å². The highest BCUT2D eigenvalue weighted by Crippen LogP contribution is 2.13. The number of aryl methyl sites for hydroxylation is 1.